The molecule has 0 amide bonds. The van der Waals surface area contributed by atoms with Crippen molar-refractivity contribution in [3.63, 3.8) is 0 Å². The van der Waals surface area contributed by atoms with Crippen LogP contribution >= 0.6 is 0 Å². The third-order valence-electron chi connectivity index (χ3n) is 6.19. The number of hydrogen-bond donors (Lipinski definition) is 1. The maximum atomic E-state index is 10.8. The van der Waals surface area contributed by atoms with E-state index in [4.69, 9.17) is 28.4 Å². The van der Waals surface area contributed by atoms with Gasteiger partial charge in [0.25, 0.3) is 0 Å². The standard InChI is InChI=1S/C22H25NO7/c1-23-8-7-11-9-14-20(29-10-28-14)21(27-4)15(11)17(23)18-12-5-6-13(25-2)19(26-3)16(12)22(24)30-18/h5-6,9,17-18,22,24H,7-8,10H2,1-4H3/t17-,18+,22?/m1/s1. The van der Waals surface area contributed by atoms with E-state index in [1.54, 1.807) is 21.3 Å². The van der Waals surface area contributed by atoms with Gasteiger partial charge in [-0.3, -0.25) is 4.90 Å². The fourth-order valence-electron chi connectivity index (χ4n) is 4.84. The van der Waals surface area contributed by atoms with Gasteiger partial charge in [-0.2, -0.15) is 0 Å². The Bertz CT molecular complexity index is 992. The molecule has 2 aromatic rings. The summed E-state index contributed by atoms with van der Waals surface area (Å²) in [4.78, 5) is 2.22. The number of methoxy groups -OCH3 is 3. The highest BCUT2D eigenvalue weighted by Crippen LogP contribution is 2.57. The van der Waals surface area contributed by atoms with Gasteiger partial charge in [0.1, 0.15) is 6.10 Å². The normalized spacial score (nSPS) is 24.4. The van der Waals surface area contributed by atoms with Gasteiger partial charge in [0, 0.05) is 12.1 Å². The van der Waals surface area contributed by atoms with Gasteiger partial charge in [-0.1, -0.05) is 6.07 Å². The zero-order valence-electron chi connectivity index (χ0n) is 17.4. The number of rotatable bonds is 4. The number of aliphatic hydroxyl groups is 1. The number of ether oxygens (including phenoxy) is 6. The van der Waals surface area contributed by atoms with E-state index in [9.17, 15) is 5.11 Å². The fourth-order valence-corrected chi connectivity index (χ4v) is 4.84. The second-order valence-electron chi connectivity index (χ2n) is 7.60. The van der Waals surface area contributed by atoms with Crippen LogP contribution in [0.2, 0.25) is 0 Å². The molecule has 0 saturated heterocycles. The molecule has 0 saturated carbocycles. The van der Waals surface area contributed by atoms with Crippen LogP contribution in [0.5, 0.6) is 28.7 Å². The fraction of sp³-hybridized carbons (Fsp3) is 0.455. The maximum Gasteiger partial charge on any atom is 0.231 e. The van der Waals surface area contributed by atoms with Gasteiger partial charge in [-0.15, -0.1) is 0 Å². The lowest BCUT2D eigenvalue weighted by molar-refractivity contribution is -0.142. The highest BCUT2D eigenvalue weighted by Gasteiger charge is 2.45. The summed E-state index contributed by atoms with van der Waals surface area (Å²) < 4.78 is 34.2. The number of fused-ring (bicyclic) bond motifs is 3. The third-order valence-corrected chi connectivity index (χ3v) is 6.19. The monoisotopic (exact) mass is 415 g/mol. The molecule has 160 valence electrons. The van der Waals surface area contributed by atoms with Crippen LogP contribution in [0.15, 0.2) is 18.2 Å². The first-order valence-electron chi connectivity index (χ1n) is 9.86. The lowest BCUT2D eigenvalue weighted by atomic mass is 9.85. The molecule has 0 aliphatic carbocycles. The number of nitrogens with zero attached hydrogens (tertiary/aromatic N) is 1. The van der Waals surface area contributed by atoms with Gasteiger partial charge >= 0.3 is 0 Å². The Hall–Kier alpha value is -2.68. The first-order valence-corrected chi connectivity index (χ1v) is 9.86. The molecule has 2 aromatic carbocycles. The third kappa shape index (κ3) is 2.64. The molecule has 8 nitrogen and oxygen atoms in total. The predicted molar refractivity (Wildman–Crippen MR) is 107 cm³/mol. The molecule has 0 aromatic heterocycles. The summed E-state index contributed by atoms with van der Waals surface area (Å²) >= 11 is 0. The summed E-state index contributed by atoms with van der Waals surface area (Å²) in [7, 11) is 6.81. The Morgan fingerprint density at radius 1 is 1.03 bits per heavy atom. The van der Waals surface area contributed by atoms with Gasteiger partial charge in [-0.05, 0) is 36.7 Å². The van der Waals surface area contributed by atoms with Crippen molar-refractivity contribution in [2.75, 3.05) is 41.7 Å². The minimum atomic E-state index is -1.12. The Kier molecular flexibility index (Phi) is 4.65. The SMILES string of the molecule is COc1ccc2c(c1OC)C(O)O[C@@H]2[C@H]1c2c(cc3c(c2OC)OCO3)CCN1C. The lowest BCUT2D eigenvalue weighted by Crippen LogP contribution is -2.36. The molecular formula is C22H25NO7. The zero-order valence-corrected chi connectivity index (χ0v) is 17.4. The van der Waals surface area contributed by atoms with Crippen LogP contribution in [-0.4, -0.2) is 51.7 Å². The zero-order chi connectivity index (χ0) is 21.0. The Morgan fingerprint density at radius 2 is 1.83 bits per heavy atom. The van der Waals surface area contributed by atoms with E-state index in [2.05, 4.69) is 4.90 Å². The van der Waals surface area contributed by atoms with Gasteiger partial charge in [0.15, 0.2) is 29.3 Å². The molecule has 1 N–H and O–H groups in total. The molecule has 0 bridgehead atoms. The topological polar surface area (TPSA) is 78.9 Å². The van der Waals surface area contributed by atoms with Crippen LogP contribution in [0.3, 0.4) is 0 Å². The molecule has 30 heavy (non-hydrogen) atoms. The molecule has 3 aliphatic rings. The summed E-state index contributed by atoms with van der Waals surface area (Å²) in [6, 6.07) is 5.61. The molecule has 3 aliphatic heterocycles. The number of aliphatic hydroxyl groups excluding tert-OH is 1. The second-order valence-corrected chi connectivity index (χ2v) is 7.60. The van der Waals surface area contributed by atoms with E-state index < -0.39 is 12.4 Å². The van der Waals surface area contributed by atoms with E-state index in [-0.39, 0.29) is 12.8 Å². The largest absolute Gasteiger partial charge is 0.493 e. The van der Waals surface area contributed by atoms with E-state index in [1.807, 2.05) is 25.2 Å². The highest BCUT2D eigenvalue weighted by molar-refractivity contribution is 5.63. The second kappa shape index (κ2) is 7.23. The van der Waals surface area contributed by atoms with Crippen molar-refractivity contribution in [1.82, 2.24) is 4.90 Å². The van der Waals surface area contributed by atoms with Crippen LogP contribution in [0.25, 0.3) is 0 Å². The summed E-state index contributed by atoms with van der Waals surface area (Å²) in [5, 5.41) is 10.8. The van der Waals surface area contributed by atoms with E-state index in [1.165, 1.54) is 0 Å². The summed E-state index contributed by atoms with van der Waals surface area (Å²) in [6.45, 7) is 1.01. The van der Waals surface area contributed by atoms with Crippen molar-refractivity contribution in [1.29, 1.82) is 0 Å². The minimum absolute atomic E-state index is 0.174. The highest BCUT2D eigenvalue weighted by atomic mass is 16.7. The minimum Gasteiger partial charge on any atom is -0.493 e. The smallest absolute Gasteiger partial charge is 0.231 e. The predicted octanol–water partition coefficient (Wildman–Crippen LogP) is 2.73. The van der Waals surface area contributed by atoms with Crippen molar-refractivity contribution in [2.24, 2.45) is 0 Å². The van der Waals surface area contributed by atoms with Crippen molar-refractivity contribution < 1.29 is 33.5 Å². The quantitative estimate of drug-likeness (QED) is 0.817. The summed E-state index contributed by atoms with van der Waals surface area (Å²) in [5.41, 5.74) is 3.59. The van der Waals surface area contributed by atoms with Gasteiger partial charge in [0.2, 0.25) is 12.5 Å². The van der Waals surface area contributed by atoms with E-state index >= 15 is 0 Å². The van der Waals surface area contributed by atoms with Crippen LogP contribution in [-0.2, 0) is 11.2 Å². The first-order chi connectivity index (χ1) is 14.6. The maximum absolute atomic E-state index is 10.8. The average Bonchev–Trinajstić information content (AvgIpc) is 3.35. The van der Waals surface area contributed by atoms with Crippen molar-refractivity contribution in [2.45, 2.75) is 24.9 Å². The number of benzene rings is 2. The first kappa shape index (κ1) is 19.3. The molecule has 0 fully saturated rings. The van der Waals surface area contributed by atoms with Gasteiger partial charge < -0.3 is 33.5 Å². The van der Waals surface area contributed by atoms with E-state index in [0.717, 1.165) is 29.7 Å². The van der Waals surface area contributed by atoms with Crippen molar-refractivity contribution in [3.05, 3.63) is 40.5 Å². The van der Waals surface area contributed by atoms with Crippen LogP contribution in [0, 0.1) is 0 Å². The van der Waals surface area contributed by atoms with Crippen molar-refractivity contribution in [3.8, 4) is 28.7 Å². The van der Waals surface area contributed by atoms with Gasteiger partial charge in [-0.25, -0.2) is 0 Å². The van der Waals surface area contributed by atoms with E-state index in [0.29, 0.717) is 34.3 Å². The lowest BCUT2D eigenvalue weighted by Gasteiger charge is -2.39. The van der Waals surface area contributed by atoms with Gasteiger partial charge in [0.05, 0.1) is 32.9 Å². The van der Waals surface area contributed by atoms with Crippen molar-refractivity contribution >= 4 is 0 Å². The molecule has 0 spiro atoms. The molecule has 5 rings (SSSR count). The molecule has 3 atom stereocenters. The van der Waals surface area contributed by atoms with Crippen LogP contribution in [0.1, 0.15) is 40.7 Å². The average molecular weight is 415 g/mol. The molecule has 8 heteroatoms. The molecule has 3 heterocycles. The molecule has 1 unspecified atom stereocenters. The van der Waals surface area contributed by atoms with Crippen LogP contribution in [0.4, 0.5) is 0 Å². The number of hydrogen-bond acceptors (Lipinski definition) is 8. The Labute approximate surface area is 174 Å². The molecule has 0 radical (unpaired) electrons. The summed E-state index contributed by atoms with van der Waals surface area (Å²) in [5.74, 6) is 3.01. The summed E-state index contributed by atoms with van der Waals surface area (Å²) in [6.07, 6.45) is -0.689. The Morgan fingerprint density at radius 3 is 2.57 bits per heavy atom. The Balaban J connectivity index is 1.68. The number of likely N-dealkylation sites (N-methyl/N-ethyl adjacent to an activating group) is 1. The molecular weight excluding hydrogens is 390 g/mol. The van der Waals surface area contributed by atoms with Crippen LogP contribution < -0.4 is 23.7 Å².